The van der Waals surface area contributed by atoms with Gasteiger partial charge in [0.15, 0.2) is 0 Å². The van der Waals surface area contributed by atoms with Gasteiger partial charge in [-0.25, -0.2) is 13.2 Å². The molecule has 4 rings (SSSR count). The van der Waals surface area contributed by atoms with E-state index in [1.807, 2.05) is 0 Å². The van der Waals surface area contributed by atoms with E-state index >= 15 is 0 Å². The predicted octanol–water partition coefficient (Wildman–Crippen LogP) is 5.68. The highest BCUT2D eigenvalue weighted by Gasteiger charge is 2.35. The first-order chi connectivity index (χ1) is 18.0. The van der Waals surface area contributed by atoms with Crippen molar-refractivity contribution in [3.05, 3.63) is 70.5 Å². The number of benzene rings is 2. The molecule has 1 atom stereocenters. The fraction of sp³-hybridized carbons (Fsp3) is 0.536. The lowest BCUT2D eigenvalue weighted by atomic mass is 9.93. The minimum atomic E-state index is -4.70. The third-order valence-electron chi connectivity index (χ3n) is 7.61. The van der Waals surface area contributed by atoms with Crippen LogP contribution in [0.15, 0.2) is 42.5 Å². The first-order valence-electron chi connectivity index (χ1n) is 12.9. The van der Waals surface area contributed by atoms with Gasteiger partial charge < -0.3 is 9.80 Å². The number of amides is 1. The second kappa shape index (κ2) is 12.1. The summed E-state index contributed by atoms with van der Waals surface area (Å²) >= 11 is 0. The topological polar surface area (TPSA) is 26.8 Å². The number of hydrogen-bond donors (Lipinski definition) is 0. The van der Waals surface area contributed by atoms with Crippen LogP contribution in [-0.2, 0) is 12.9 Å². The van der Waals surface area contributed by atoms with E-state index in [1.165, 1.54) is 24.1 Å². The summed E-state index contributed by atoms with van der Waals surface area (Å²) in [6, 6.07) is 9.01. The lowest BCUT2D eigenvalue weighted by Gasteiger charge is -2.47. The molecule has 2 aromatic rings. The molecule has 0 spiro atoms. The molecule has 0 saturated carbocycles. The lowest BCUT2D eigenvalue weighted by Crippen LogP contribution is -2.61. The van der Waals surface area contributed by atoms with Crippen LogP contribution in [0.2, 0.25) is 0 Å². The third kappa shape index (κ3) is 7.08. The highest BCUT2D eigenvalue weighted by Crippen LogP contribution is 2.32. The van der Waals surface area contributed by atoms with E-state index in [0.29, 0.717) is 31.4 Å². The Morgan fingerprint density at radius 1 is 1.08 bits per heavy atom. The summed E-state index contributed by atoms with van der Waals surface area (Å²) in [4.78, 5) is 19.0. The van der Waals surface area contributed by atoms with E-state index < -0.39 is 30.5 Å². The lowest BCUT2D eigenvalue weighted by molar-refractivity contribution is -0.137. The summed E-state index contributed by atoms with van der Waals surface area (Å²) in [5.74, 6) is -1.21. The van der Waals surface area contributed by atoms with Crippen molar-refractivity contribution in [2.24, 2.45) is 0 Å². The van der Waals surface area contributed by atoms with Crippen molar-refractivity contribution in [1.82, 2.24) is 14.7 Å². The molecule has 2 heterocycles. The van der Waals surface area contributed by atoms with Crippen LogP contribution < -0.4 is 0 Å². The second-order valence-electron chi connectivity index (χ2n) is 10.4. The van der Waals surface area contributed by atoms with Crippen LogP contribution >= 0.6 is 0 Å². The minimum Gasteiger partial charge on any atom is -0.341 e. The number of carbonyl (C=O) groups excluding carboxylic acids is 1. The Morgan fingerprint density at radius 2 is 1.74 bits per heavy atom. The Hall–Kier alpha value is -2.59. The fourth-order valence-corrected chi connectivity index (χ4v) is 5.32. The molecule has 0 bridgehead atoms. The Labute approximate surface area is 219 Å². The molecular formula is C28H33F6N3O. The van der Waals surface area contributed by atoms with Crippen LogP contribution in [0.1, 0.15) is 52.2 Å². The van der Waals surface area contributed by atoms with Gasteiger partial charge in [0.25, 0.3) is 5.91 Å². The van der Waals surface area contributed by atoms with Gasteiger partial charge in [-0.3, -0.25) is 9.69 Å². The molecule has 4 nitrogen and oxygen atoms in total. The van der Waals surface area contributed by atoms with Gasteiger partial charge in [-0.2, -0.15) is 13.2 Å². The van der Waals surface area contributed by atoms with Gasteiger partial charge in [-0.05, 0) is 67.3 Å². The Morgan fingerprint density at radius 3 is 2.34 bits per heavy atom. The number of piperidine rings is 1. The maximum Gasteiger partial charge on any atom is 0.416 e. The third-order valence-corrected chi connectivity index (χ3v) is 7.61. The Balaban J connectivity index is 1.41. The molecule has 2 aliphatic heterocycles. The molecule has 2 aromatic carbocycles. The number of halogens is 6. The van der Waals surface area contributed by atoms with Crippen molar-refractivity contribution in [3.63, 3.8) is 0 Å². The van der Waals surface area contributed by atoms with Gasteiger partial charge in [-0.15, -0.1) is 0 Å². The molecule has 0 aromatic heterocycles. The zero-order valence-electron chi connectivity index (χ0n) is 21.4. The minimum absolute atomic E-state index is 0.183. The summed E-state index contributed by atoms with van der Waals surface area (Å²) in [6.45, 7) is 3.10. The summed E-state index contributed by atoms with van der Waals surface area (Å²) in [5, 5.41) is 0. The summed E-state index contributed by atoms with van der Waals surface area (Å²) in [5.41, 5.74) is -0.686. The number of rotatable bonds is 9. The van der Waals surface area contributed by atoms with Crippen LogP contribution in [0, 0.1) is 5.82 Å². The van der Waals surface area contributed by atoms with E-state index in [-0.39, 0.29) is 29.4 Å². The van der Waals surface area contributed by atoms with Crippen molar-refractivity contribution >= 4 is 5.91 Å². The molecular weight excluding hydrogens is 508 g/mol. The standard InChI is InChI=1S/C28H33F6N3O/c1-35(27(38)22-12-19(15-29)13-23(14-22)28(32,33)34)16-21(20-2-4-24(30)5-3-20)6-9-36-17-26(18-36)37-10-7-25(31)8-11-37/h2-5,12-14,21,25-26H,6-11,15-18H2,1H3/t21-/m1/s1. The Kier molecular flexibility index (Phi) is 9.03. The van der Waals surface area contributed by atoms with Crippen LogP contribution in [0.5, 0.6) is 0 Å². The SMILES string of the molecule is CN(C[C@@H](CCN1CC(N2CCC(F)CC2)C1)c1ccc(F)cc1)C(=O)c1cc(CF)cc(C(F)(F)F)c1. The number of likely N-dealkylation sites (tertiary alicyclic amines) is 2. The van der Waals surface area contributed by atoms with Crippen LogP contribution in [0.4, 0.5) is 26.3 Å². The molecule has 0 N–H and O–H groups in total. The van der Waals surface area contributed by atoms with Gasteiger partial charge in [0.05, 0.1) is 5.56 Å². The Bertz CT molecular complexity index is 1080. The zero-order valence-corrected chi connectivity index (χ0v) is 21.4. The quantitative estimate of drug-likeness (QED) is 0.383. The van der Waals surface area contributed by atoms with Crippen molar-refractivity contribution in [3.8, 4) is 0 Å². The van der Waals surface area contributed by atoms with Crippen molar-refractivity contribution in [2.45, 2.75) is 50.2 Å². The maximum absolute atomic E-state index is 13.6. The fourth-order valence-electron chi connectivity index (χ4n) is 5.32. The van der Waals surface area contributed by atoms with Gasteiger partial charge in [0.2, 0.25) is 0 Å². The largest absolute Gasteiger partial charge is 0.416 e. The first kappa shape index (κ1) is 28.4. The van der Waals surface area contributed by atoms with Crippen molar-refractivity contribution in [2.75, 3.05) is 46.3 Å². The molecule has 0 radical (unpaired) electrons. The van der Waals surface area contributed by atoms with Crippen molar-refractivity contribution < 1.29 is 31.1 Å². The first-order valence-corrected chi connectivity index (χ1v) is 12.9. The van der Waals surface area contributed by atoms with Crippen molar-refractivity contribution in [1.29, 1.82) is 0 Å². The monoisotopic (exact) mass is 541 g/mol. The van der Waals surface area contributed by atoms with E-state index in [1.54, 1.807) is 12.1 Å². The van der Waals surface area contributed by atoms with E-state index in [9.17, 15) is 31.1 Å². The highest BCUT2D eigenvalue weighted by atomic mass is 19.4. The predicted molar refractivity (Wildman–Crippen MR) is 133 cm³/mol. The second-order valence-corrected chi connectivity index (χ2v) is 10.4. The van der Waals surface area contributed by atoms with Gasteiger partial charge in [0, 0.05) is 57.3 Å². The smallest absolute Gasteiger partial charge is 0.341 e. The molecule has 0 aliphatic carbocycles. The molecule has 2 aliphatic rings. The van der Waals surface area contributed by atoms with Gasteiger partial charge in [-0.1, -0.05) is 12.1 Å². The van der Waals surface area contributed by atoms with E-state index in [4.69, 9.17) is 0 Å². The molecule has 0 unspecified atom stereocenters. The maximum atomic E-state index is 13.6. The molecule has 38 heavy (non-hydrogen) atoms. The number of hydrogen-bond acceptors (Lipinski definition) is 3. The van der Waals surface area contributed by atoms with Crippen LogP contribution in [0.25, 0.3) is 0 Å². The summed E-state index contributed by atoms with van der Waals surface area (Å²) < 4.78 is 80.1. The average Bonchev–Trinajstić information content (AvgIpc) is 2.87. The molecule has 1 amide bonds. The molecule has 2 fully saturated rings. The van der Waals surface area contributed by atoms with Crippen LogP contribution in [0.3, 0.4) is 0 Å². The van der Waals surface area contributed by atoms with Gasteiger partial charge in [0.1, 0.15) is 18.7 Å². The number of likely N-dealkylation sites (N-methyl/N-ethyl adjacent to an activating group) is 1. The number of carbonyl (C=O) groups is 1. The molecule has 2 saturated heterocycles. The number of nitrogens with zero attached hydrogens (tertiary/aromatic N) is 3. The van der Waals surface area contributed by atoms with Gasteiger partial charge >= 0.3 is 6.18 Å². The molecule has 208 valence electrons. The highest BCUT2D eigenvalue weighted by molar-refractivity contribution is 5.94. The summed E-state index contributed by atoms with van der Waals surface area (Å²) in [6.07, 6.45) is -3.62. The molecule has 10 heteroatoms. The van der Waals surface area contributed by atoms with Crippen LogP contribution in [-0.4, -0.2) is 79.1 Å². The zero-order chi connectivity index (χ0) is 27.4. The van der Waals surface area contributed by atoms with E-state index in [0.717, 1.165) is 50.4 Å². The number of alkyl halides is 5. The normalized spacial score (nSPS) is 18.8. The average molecular weight is 542 g/mol. The summed E-state index contributed by atoms with van der Waals surface area (Å²) in [7, 11) is 1.50. The van der Waals surface area contributed by atoms with E-state index in [2.05, 4.69) is 9.80 Å².